The molecular formula is C19H22ClFN4O7S2. The first-order valence-electron chi connectivity index (χ1n) is 9.61. The molecule has 0 bridgehead atoms. The van der Waals surface area contributed by atoms with Crippen LogP contribution in [0, 0.1) is 17.1 Å². The highest BCUT2D eigenvalue weighted by Gasteiger charge is 2.50. The first kappa shape index (κ1) is 27.9. The van der Waals surface area contributed by atoms with E-state index in [1.807, 2.05) is 0 Å². The van der Waals surface area contributed by atoms with E-state index in [0.29, 0.717) is 0 Å². The van der Waals surface area contributed by atoms with Crippen molar-refractivity contribution in [2.45, 2.75) is 23.7 Å². The van der Waals surface area contributed by atoms with E-state index in [1.165, 1.54) is 37.4 Å². The van der Waals surface area contributed by atoms with E-state index in [9.17, 15) is 26.3 Å². The van der Waals surface area contributed by atoms with Crippen LogP contribution in [0.4, 0.5) is 4.39 Å². The minimum Gasteiger partial charge on any atom is -0.486 e. The molecule has 0 spiro atoms. The maximum atomic E-state index is 13.8. The Bertz CT molecular complexity index is 1270. The van der Waals surface area contributed by atoms with Crippen molar-refractivity contribution in [1.29, 1.82) is 5.26 Å². The Labute approximate surface area is 201 Å². The van der Waals surface area contributed by atoms with Gasteiger partial charge in [-0.15, -0.1) is 0 Å². The van der Waals surface area contributed by atoms with Gasteiger partial charge in [0, 0.05) is 25.4 Å². The van der Waals surface area contributed by atoms with Gasteiger partial charge in [0.15, 0.2) is 5.03 Å². The van der Waals surface area contributed by atoms with Gasteiger partial charge in [0.2, 0.25) is 0 Å². The van der Waals surface area contributed by atoms with Gasteiger partial charge in [-0.25, -0.2) is 17.8 Å². The summed E-state index contributed by atoms with van der Waals surface area (Å²) in [6.45, 7) is 0.549. The number of nitrogens with zero attached hydrogens (tertiary/aromatic N) is 3. The number of benzene rings is 1. The first-order valence-corrected chi connectivity index (χ1v) is 13.0. The molecule has 0 radical (unpaired) electrons. The summed E-state index contributed by atoms with van der Waals surface area (Å²) in [6.07, 6.45) is 0.152. The average molecular weight is 537 g/mol. The van der Waals surface area contributed by atoms with Crippen molar-refractivity contribution in [3.63, 3.8) is 0 Å². The Kier molecular flexibility index (Phi) is 8.94. The van der Waals surface area contributed by atoms with Crippen LogP contribution in [0.1, 0.15) is 12.5 Å². The van der Waals surface area contributed by atoms with E-state index in [-0.39, 0.29) is 46.7 Å². The molecule has 1 saturated heterocycles. The summed E-state index contributed by atoms with van der Waals surface area (Å²) in [5.74, 6) is -0.950. The van der Waals surface area contributed by atoms with Crippen molar-refractivity contribution in [2.75, 3.05) is 25.4 Å². The van der Waals surface area contributed by atoms with Gasteiger partial charge in [0.25, 0.3) is 20.1 Å². The lowest BCUT2D eigenvalue weighted by Gasteiger charge is -2.27. The Morgan fingerprint density at radius 3 is 2.47 bits per heavy atom. The third-order valence-corrected chi connectivity index (χ3v) is 7.46. The zero-order chi connectivity index (χ0) is 25.7. The molecule has 186 valence electrons. The summed E-state index contributed by atoms with van der Waals surface area (Å²) < 4.78 is 72.9. The second-order valence-electron chi connectivity index (χ2n) is 7.15. The minimum atomic E-state index is -4.03. The summed E-state index contributed by atoms with van der Waals surface area (Å²) in [6, 6.07) is 7.91. The highest BCUT2D eigenvalue weighted by atomic mass is 35.5. The van der Waals surface area contributed by atoms with Crippen molar-refractivity contribution in [1.82, 2.24) is 9.29 Å². The molecular weight excluding hydrogens is 515 g/mol. The Balaban J connectivity index is 0.000000604. The second kappa shape index (κ2) is 10.9. The highest BCUT2D eigenvalue weighted by molar-refractivity contribution is 7.89. The lowest BCUT2D eigenvalue weighted by Crippen LogP contribution is -2.50. The van der Waals surface area contributed by atoms with Gasteiger partial charge in [-0.2, -0.15) is 18.0 Å². The summed E-state index contributed by atoms with van der Waals surface area (Å²) >= 11 is 5.74. The molecule has 4 N–H and O–H groups in total. The number of ether oxygens (including phenoxy) is 1. The lowest BCUT2D eigenvalue weighted by molar-refractivity contribution is -0.0201. The number of β-amino-alcohol motifs (C(OH)–C–C–N with tert-alkyl or cyclic N) is 1. The largest absolute Gasteiger partial charge is 0.486 e. The summed E-state index contributed by atoms with van der Waals surface area (Å²) in [4.78, 5) is 3.81. The summed E-state index contributed by atoms with van der Waals surface area (Å²) in [5, 5.41) is 19.6. The number of aromatic nitrogens is 1. The molecule has 2 atom stereocenters. The van der Waals surface area contributed by atoms with Crippen molar-refractivity contribution in [3.8, 4) is 11.8 Å². The van der Waals surface area contributed by atoms with Crippen LogP contribution in [-0.2, 0) is 20.1 Å². The predicted octanol–water partition coefficient (Wildman–Crippen LogP) is 0.782. The van der Waals surface area contributed by atoms with Gasteiger partial charge in [0.05, 0.1) is 22.9 Å². The first-order chi connectivity index (χ1) is 15.8. The molecule has 1 aromatic carbocycles. The third kappa shape index (κ3) is 6.83. The van der Waals surface area contributed by atoms with Crippen molar-refractivity contribution in [3.05, 3.63) is 52.9 Å². The fraction of sp³-hybridized carbons (Fsp3) is 0.368. The third-order valence-electron chi connectivity index (χ3n) is 4.78. The van der Waals surface area contributed by atoms with Crippen molar-refractivity contribution >= 4 is 31.7 Å². The number of nitrogens with two attached hydrogens (primary N) is 1. The van der Waals surface area contributed by atoms with Crippen LogP contribution in [0.15, 0.2) is 41.6 Å². The molecule has 1 aliphatic heterocycles. The fourth-order valence-corrected chi connectivity index (χ4v) is 4.35. The summed E-state index contributed by atoms with van der Waals surface area (Å²) in [5.41, 5.74) is 3.80. The molecule has 1 fully saturated rings. The SMILES string of the molecule is CCS(=O)(=O)O.N#Cc1ccc(O[C@H]2CN(S(=O)(=O)c3ccc(Cl)cn3)C[C@@]2(O)CN)cc1F. The van der Waals surface area contributed by atoms with Gasteiger partial charge in [-0.1, -0.05) is 11.6 Å². The number of pyridine rings is 1. The van der Waals surface area contributed by atoms with Crippen LogP contribution < -0.4 is 10.5 Å². The van der Waals surface area contributed by atoms with Crippen LogP contribution in [0.5, 0.6) is 5.75 Å². The van der Waals surface area contributed by atoms with Crippen LogP contribution >= 0.6 is 11.6 Å². The van der Waals surface area contributed by atoms with Gasteiger partial charge < -0.3 is 15.6 Å². The van der Waals surface area contributed by atoms with Crippen molar-refractivity contribution < 1.29 is 35.6 Å². The number of nitriles is 1. The van der Waals surface area contributed by atoms with E-state index < -0.39 is 37.7 Å². The molecule has 2 heterocycles. The van der Waals surface area contributed by atoms with E-state index in [2.05, 4.69) is 4.98 Å². The van der Waals surface area contributed by atoms with Gasteiger partial charge >= 0.3 is 0 Å². The molecule has 34 heavy (non-hydrogen) atoms. The highest BCUT2D eigenvalue weighted by Crippen LogP contribution is 2.30. The predicted molar refractivity (Wildman–Crippen MR) is 120 cm³/mol. The molecule has 2 aromatic rings. The van der Waals surface area contributed by atoms with Crippen LogP contribution in [0.25, 0.3) is 0 Å². The molecule has 3 rings (SSSR count). The molecule has 0 unspecified atom stereocenters. The normalized spacial score (nSPS) is 20.8. The van der Waals surface area contributed by atoms with Crippen LogP contribution in [-0.4, -0.2) is 72.9 Å². The van der Waals surface area contributed by atoms with E-state index >= 15 is 0 Å². The smallest absolute Gasteiger partial charge is 0.264 e. The molecule has 0 amide bonds. The quantitative estimate of drug-likeness (QED) is 0.445. The van der Waals surface area contributed by atoms with Crippen molar-refractivity contribution in [2.24, 2.45) is 5.73 Å². The van der Waals surface area contributed by atoms with E-state index in [0.717, 1.165) is 10.4 Å². The lowest BCUT2D eigenvalue weighted by atomic mass is 10.0. The molecule has 0 aliphatic carbocycles. The monoisotopic (exact) mass is 536 g/mol. The Hall–Kier alpha value is -2.38. The number of sulfonamides is 1. The van der Waals surface area contributed by atoms with Crippen LogP contribution in [0.3, 0.4) is 0 Å². The Morgan fingerprint density at radius 1 is 1.35 bits per heavy atom. The van der Waals surface area contributed by atoms with E-state index in [1.54, 1.807) is 6.07 Å². The number of aliphatic hydroxyl groups is 1. The fourth-order valence-electron chi connectivity index (χ4n) is 2.82. The average Bonchev–Trinajstić information content (AvgIpc) is 3.12. The number of hydrogen-bond acceptors (Lipinski definition) is 9. The van der Waals surface area contributed by atoms with Gasteiger partial charge in [0.1, 0.15) is 29.3 Å². The zero-order valence-electron chi connectivity index (χ0n) is 17.8. The second-order valence-corrected chi connectivity index (χ2v) is 11.2. The molecule has 11 nitrogen and oxygen atoms in total. The molecule has 15 heteroatoms. The molecule has 1 aromatic heterocycles. The molecule has 1 aliphatic rings. The topological polar surface area (TPSA) is 184 Å². The maximum Gasteiger partial charge on any atom is 0.264 e. The number of hydrogen-bond donors (Lipinski definition) is 3. The number of halogens is 2. The number of rotatable bonds is 6. The summed E-state index contributed by atoms with van der Waals surface area (Å²) in [7, 11) is -7.69. The minimum absolute atomic E-state index is 0.0391. The Morgan fingerprint density at radius 2 is 2.00 bits per heavy atom. The molecule has 0 saturated carbocycles. The van der Waals surface area contributed by atoms with Gasteiger partial charge in [-0.05, 0) is 31.2 Å². The van der Waals surface area contributed by atoms with Crippen LogP contribution in [0.2, 0.25) is 5.02 Å². The zero-order valence-corrected chi connectivity index (χ0v) is 20.2. The standard InChI is InChI=1S/C17H16ClFN4O4S.C2H6O3S/c18-12-2-4-16(22-7-12)28(25,26)23-8-15(17(24,9-21)10-23)27-13-3-1-11(6-20)14(19)5-13;1-2-6(3,4)5/h1-5,7,15,24H,8-10,21H2;2H2,1H3,(H,3,4,5)/t15-,17-;/m0./s1. The maximum absolute atomic E-state index is 13.8. The van der Waals surface area contributed by atoms with Gasteiger partial charge in [-0.3, -0.25) is 4.55 Å². The van der Waals surface area contributed by atoms with E-state index in [4.69, 9.17) is 31.9 Å².